The Morgan fingerprint density at radius 2 is 1.90 bits per heavy atom. The topological polar surface area (TPSA) is 37.8 Å². The molecule has 1 aromatic heterocycles. The molecule has 0 radical (unpaired) electrons. The van der Waals surface area contributed by atoms with Gasteiger partial charge < -0.3 is 5.32 Å². The lowest BCUT2D eigenvalue weighted by atomic mass is 9.89. The Bertz CT molecular complexity index is 605. The zero-order valence-corrected chi connectivity index (χ0v) is 14.2. The molecule has 0 amide bonds. The summed E-state index contributed by atoms with van der Waals surface area (Å²) in [4.78, 5) is 1.11. The van der Waals surface area contributed by atoms with Crippen LogP contribution in [0.15, 0.2) is 18.2 Å². The fourth-order valence-electron chi connectivity index (χ4n) is 2.05. The first kappa shape index (κ1) is 15.7. The molecule has 0 bridgehead atoms. The highest BCUT2D eigenvalue weighted by Crippen LogP contribution is 2.35. The Kier molecular flexibility index (Phi) is 4.69. The van der Waals surface area contributed by atoms with E-state index in [0.717, 1.165) is 16.1 Å². The maximum absolute atomic E-state index is 6.12. The van der Waals surface area contributed by atoms with Crippen LogP contribution in [0.3, 0.4) is 0 Å². The molecule has 2 aromatic rings. The second-order valence-corrected chi connectivity index (χ2v) is 7.23. The van der Waals surface area contributed by atoms with Crippen molar-refractivity contribution in [2.45, 2.75) is 32.2 Å². The van der Waals surface area contributed by atoms with E-state index >= 15 is 0 Å². The number of rotatable bonds is 3. The van der Waals surface area contributed by atoms with E-state index < -0.39 is 0 Å². The molecule has 1 aromatic carbocycles. The summed E-state index contributed by atoms with van der Waals surface area (Å²) in [6.45, 7) is 6.40. The number of halogens is 2. The average Bonchev–Trinajstić information content (AvgIpc) is 2.83. The number of aromatic nitrogens is 2. The van der Waals surface area contributed by atoms with Crippen molar-refractivity contribution in [2.75, 3.05) is 7.05 Å². The Morgan fingerprint density at radius 3 is 2.45 bits per heavy atom. The summed E-state index contributed by atoms with van der Waals surface area (Å²) in [5, 5.41) is 8.71. The largest absolute Gasteiger partial charge is 0.309 e. The molecule has 1 heterocycles. The number of hydrogen-bond acceptors (Lipinski definition) is 4. The number of nitrogens with one attached hydrogen (secondary N) is 1. The summed E-state index contributed by atoms with van der Waals surface area (Å²) in [7, 11) is 1.92. The third-order valence-electron chi connectivity index (χ3n) is 3.05. The van der Waals surface area contributed by atoms with Crippen molar-refractivity contribution in [3.63, 3.8) is 0 Å². The summed E-state index contributed by atoms with van der Waals surface area (Å²) in [5.74, 6) is 0. The van der Waals surface area contributed by atoms with Gasteiger partial charge in [-0.3, -0.25) is 0 Å². The summed E-state index contributed by atoms with van der Waals surface area (Å²) in [6.07, 6.45) is 0. The van der Waals surface area contributed by atoms with E-state index in [0.29, 0.717) is 10.0 Å². The van der Waals surface area contributed by atoms with Crippen molar-refractivity contribution < 1.29 is 0 Å². The van der Waals surface area contributed by atoms with E-state index in [4.69, 9.17) is 23.2 Å². The molecule has 0 aliphatic carbocycles. The maximum Gasteiger partial charge on any atom is 0.0860 e. The van der Waals surface area contributed by atoms with Crippen LogP contribution < -0.4 is 5.32 Å². The Balaban J connectivity index is 2.48. The van der Waals surface area contributed by atoms with Gasteiger partial charge in [0.05, 0.1) is 26.7 Å². The van der Waals surface area contributed by atoms with Crippen molar-refractivity contribution in [1.82, 2.24) is 14.9 Å². The molecule has 1 N–H and O–H groups in total. The van der Waals surface area contributed by atoms with Gasteiger partial charge in [-0.05, 0) is 36.3 Å². The quantitative estimate of drug-likeness (QED) is 0.903. The maximum atomic E-state index is 6.12. The summed E-state index contributed by atoms with van der Waals surface area (Å²) in [5.41, 5.74) is 2.01. The minimum absolute atomic E-state index is 0.0130. The van der Waals surface area contributed by atoms with Crippen LogP contribution in [0, 0.1) is 0 Å². The Hall–Kier alpha value is -0.680. The van der Waals surface area contributed by atoms with Gasteiger partial charge in [0, 0.05) is 5.41 Å². The minimum atomic E-state index is -0.0480. The highest BCUT2D eigenvalue weighted by molar-refractivity contribution is 7.05. The lowest BCUT2D eigenvalue weighted by Gasteiger charge is -2.22. The number of nitrogens with zero attached hydrogens (tertiary/aromatic N) is 2. The van der Waals surface area contributed by atoms with E-state index in [1.807, 2.05) is 25.2 Å². The van der Waals surface area contributed by atoms with Gasteiger partial charge in [-0.2, -0.15) is 0 Å². The Morgan fingerprint density at radius 1 is 1.20 bits per heavy atom. The molecule has 0 spiro atoms. The van der Waals surface area contributed by atoms with Gasteiger partial charge in [0.15, 0.2) is 0 Å². The molecular weight excluding hydrogens is 313 g/mol. The van der Waals surface area contributed by atoms with E-state index in [1.54, 1.807) is 0 Å². The lowest BCUT2D eigenvalue weighted by Crippen LogP contribution is -2.22. The van der Waals surface area contributed by atoms with Crippen molar-refractivity contribution in [3.05, 3.63) is 44.4 Å². The molecule has 0 aliphatic rings. The van der Waals surface area contributed by atoms with Crippen LogP contribution >= 0.6 is 34.7 Å². The smallest absolute Gasteiger partial charge is 0.0860 e. The second-order valence-electron chi connectivity index (χ2n) is 5.63. The van der Waals surface area contributed by atoms with Gasteiger partial charge in [0.2, 0.25) is 0 Å². The van der Waals surface area contributed by atoms with Crippen molar-refractivity contribution >= 4 is 34.7 Å². The molecule has 108 valence electrons. The SMILES string of the molecule is CNC(c1ccc(Cl)c(Cl)c1)c1snnc1C(C)(C)C. The first-order valence-electron chi connectivity index (χ1n) is 6.29. The lowest BCUT2D eigenvalue weighted by molar-refractivity contribution is 0.549. The van der Waals surface area contributed by atoms with Gasteiger partial charge in [-0.1, -0.05) is 54.5 Å². The van der Waals surface area contributed by atoms with Crippen LogP contribution in [0.4, 0.5) is 0 Å². The predicted molar refractivity (Wildman–Crippen MR) is 86.0 cm³/mol. The van der Waals surface area contributed by atoms with Crippen LogP contribution in [-0.2, 0) is 5.41 Å². The fourth-order valence-corrected chi connectivity index (χ4v) is 3.36. The fraction of sp³-hybridized carbons (Fsp3) is 0.429. The molecule has 6 heteroatoms. The van der Waals surface area contributed by atoms with Gasteiger partial charge >= 0.3 is 0 Å². The molecule has 0 saturated heterocycles. The zero-order valence-electron chi connectivity index (χ0n) is 11.9. The average molecular weight is 330 g/mol. The second kappa shape index (κ2) is 5.98. The van der Waals surface area contributed by atoms with E-state index in [9.17, 15) is 0 Å². The summed E-state index contributed by atoms with van der Waals surface area (Å²) >= 11 is 13.5. The molecule has 3 nitrogen and oxygen atoms in total. The number of hydrogen-bond donors (Lipinski definition) is 1. The molecule has 0 aliphatic heterocycles. The van der Waals surface area contributed by atoms with Gasteiger partial charge in [0.25, 0.3) is 0 Å². The summed E-state index contributed by atoms with van der Waals surface area (Å²) in [6, 6.07) is 5.69. The van der Waals surface area contributed by atoms with Crippen molar-refractivity contribution in [1.29, 1.82) is 0 Å². The van der Waals surface area contributed by atoms with Crippen LogP contribution in [0.2, 0.25) is 10.0 Å². The van der Waals surface area contributed by atoms with Crippen LogP contribution in [-0.4, -0.2) is 16.6 Å². The molecule has 0 saturated carbocycles. The molecular formula is C14H17Cl2N3S. The van der Waals surface area contributed by atoms with Gasteiger partial charge in [0.1, 0.15) is 0 Å². The molecule has 0 fully saturated rings. The van der Waals surface area contributed by atoms with Crippen LogP contribution in [0.25, 0.3) is 0 Å². The van der Waals surface area contributed by atoms with Gasteiger partial charge in [-0.25, -0.2) is 0 Å². The van der Waals surface area contributed by atoms with Crippen LogP contribution in [0.1, 0.15) is 42.9 Å². The molecule has 20 heavy (non-hydrogen) atoms. The molecule has 2 rings (SSSR count). The molecule has 1 unspecified atom stereocenters. The summed E-state index contributed by atoms with van der Waals surface area (Å²) < 4.78 is 4.12. The standard InChI is InChI=1S/C14H17Cl2N3S/c1-14(2,3)13-12(20-19-18-13)11(17-4)8-5-6-9(15)10(16)7-8/h5-7,11,17H,1-4H3. The third-order valence-corrected chi connectivity index (χ3v) is 4.58. The van der Waals surface area contributed by atoms with E-state index in [2.05, 4.69) is 35.7 Å². The van der Waals surface area contributed by atoms with Crippen molar-refractivity contribution in [3.8, 4) is 0 Å². The van der Waals surface area contributed by atoms with Gasteiger partial charge in [-0.15, -0.1) is 5.10 Å². The third kappa shape index (κ3) is 3.14. The molecule has 1 atom stereocenters. The highest BCUT2D eigenvalue weighted by atomic mass is 35.5. The number of benzene rings is 1. The van der Waals surface area contributed by atoms with Crippen LogP contribution in [0.5, 0.6) is 0 Å². The monoisotopic (exact) mass is 329 g/mol. The first-order valence-corrected chi connectivity index (χ1v) is 7.82. The highest BCUT2D eigenvalue weighted by Gasteiger charge is 2.27. The first-order chi connectivity index (χ1) is 9.34. The normalized spacial score (nSPS) is 13.5. The minimum Gasteiger partial charge on any atom is -0.309 e. The van der Waals surface area contributed by atoms with E-state index in [1.165, 1.54) is 11.5 Å². The van der Waals surface area contributed by atoms with E-state index in [-0.39, 0.29) is 11.5 Å². The predicted octanol–water partition coefficient (Wildman–Crippen LogP) is 4.45. The zero-order chi connectivity index (χ0) is 14.9. The Labute approximate surface area is 133 Å². The van der Waals surface area contributed by atoms with Crippen molar-refractivity contribution in [2.24, 2.45) is 0 Å².